The molecule has 1 aliphatic heterocycles. The highest BCUT2D eigenvalue weighted by Crippen LogP contribution is 2.24. The number of hydrogen-bond acceptors (Lipinski definition) is 4. The largest absolute Gasteiger partial charge is 0.457 e. The number of nitriles is 1. The lowest BCUT2D eigenvalue weighted by atomic mass is 10.2. The van der Waals surface area contributed by atoms with Crippen molar-refractivity contribution in [3.63, 3.8) is 0 Å². The predicted molar refractivity (Wildman–Crippen MR) is 95.3 cm³/mol. The standard InChI is InChI=1S/C19H20N4O2/c1-22(16-10-11-23(13-16)14-20)19(24)21-15-6-5-9-18(12-15)25-17-7-3-2-4-8-17/h2-9,12,16H,10-11,13H2,1H3,(H,21,24). The van der Waals surface area contributed by atoms with Crippen molar-refractivity contribution in [2.75, 3.05) is 25.5 Å². The molecule has 0 aliphatic carbocycles. The van der Waals surface area contributed by atoms with Crippen LogP contribution < -0.4 is 10.1 Å². The molecule has 1 N–H and O–H groups in total. The molecule has 1 heterocycles. The van der Waals surface area contributed by atoms with Crippen LogP contribution in [-0.4, -0.2) is 42.0 Å². The van der Waals surface area contributed by atoms with Gasteiger partial charge in [-0.2, -0.15) is 5.26 Å². The van der Waals surface area contributed by atoms with Gasteiger partial charge >= 0.3 is 6.03 Å². The van der Waals surface area contributed by atoms with Gasteiger partial charge in [0.25, 0.3) is 0 Å². The van der Waals surface area contributed by atoms with E-state index in [-0.39, 0.29) is 12.1 Å². The molecule has 25 heavy (non-hydrogen) atoms. The molecule has 0 saturated carbocycles. The average Bonchev–Trinajstić information content (AvgIpc) is 3.11. The summed E-state index contributed by atoms with van der Waals surface area (Å²) in [5, 5.41) is 11.8. The van der Waals surface area contributed by atoms with Crippen LogP contribution in [0.5, 0.6) is 11.5 Å². The maximum atomic E-state index is 12.4. The topological polar surface area (TPSA) is 68.6 Å². The number of benzene rings is 2. The van der Waals surface area contributed by atoms with Crippen molar-refractivity contribution in [3.05, 3.63) is 54.6 Å². The molecule has 2 aromatic rings. The van der Waals surface area contributed by atoms with Gasteiger partial charge in [0.1, 0.15) is 11.5 Å². The molecule has 1 fully saturated rings. The summed E-state index contributed by atoms with van der Waals surface area (Å²) in [6, 6.07) is 16.6. The molecule has 2 amide bonds. The van der Waals surface area contributed by atoms with E-state index in [0.717, 1.165) is 12.2 Å². The van der Waals surface area contributed by atoms with E-state index in [0.29, 0.717) is 24.5 Å². The molecule has 1 saturated heterocycles. The maximum absolute atomic E-state index is 12.4. The Morgan fingerprint density at radius 2 is 2.00 bits per heavy atom. The number of ether oxygens (including phenoxy) is 1. The Labute approximate surface area is 147 Å². The number of para-hydroxylation sites is 1. The van der Waals surface area contributed by atoms with Gasteiger partial charge in [0, 0.05) is 31.9 Å². The summed E-state index contributed by atoms with van der Waals surface area (Å²) in [6.45, 7) is 1.27. The first-order chi connectivity index (χ1) is 12.2. The Balaban J connectivity index is 1.62. The monoisotopic (exact) mass is 336 g/mol. The Morgan fingerprint density at radius 3 is 2.72 bits per heavy atom. The van der Waals surface area contributed by atoms with Crippen LogP contribution in [-0.2, 0) is 0 Å². The van der Waals surface area contributed by atoms with Crippen molar-refractivity contribution in [2.45, 2.75) is 12.5 Å². The second kappa shape index (κ2) is 7.58. The first kappa shape index (κ1) is 16.7. The van der Waals surface area contributed by atoms with Crippen LogP contribution in [0.3, 0.4) is 0 Å². The van der Waals surface area contributed by atoms with Crippen molar-refractivity contribution in [1.82, 2.24) is 9.80 Å². The third-order valence-corrected chi connectivity index (χ3v) is 4.24. The number of anilines is 1. The SMILES string of the molecule is CN(C(=O)Nc1cccc(Oc2ccccc2)c1)C1CCN(C#N)C1. The molecular formula is C19H20N4O2. The summed E-state index contributed by atoms with van der Waals surface area (Å²) in [5.41, 5.74) is 0.667. The Hall–Kier alpha value is -3.20. The first-order valence-corrected chi connectivity index (χ1v) is 8.17. The van der Waals surface area contributed by atoms with E-state index in [9.17, 15) is 4.79 Å². The van der Waals surface area contributed by atoms with Gasteiger partial charge in [-0.3, -0.25) is 0 Å². The lowest BCUT2D eigenvalue weighted by Crippen LogP contribution is -2.41. The van der Waals surface area contributed by atoms with Crippen molar-refractivity contribution >= 4 is 11.7 Å². The molecule has 0 bridgehead atoms. The van der Waals surface area contributed by atoms with Gasteiger partial charge in [-0.15, -0.1) is 0 Å². The number of amides is 2. The minimum atomic E-state index is -0.193. The molecule has 3 rings (SSSR count). The molecule has 2 aromatic carbocycles. The Kier molecular flexibility index (Phi) is 5.05. The van der Waals surface area contributed by atoms with Gasteiger partial charge in [-0.25, -0.2) is 4.79 Å². The quantitative estimate of drug-likeness (QED) is 0.868. The van der Waals surface area contributed by atoms with Crippen LogP contribution in [0, 0.1) is 11.5 Å². The van der Waals surface area contributed by atoms with Gasteiger partial charge in [0.05, 0.1) is 6.04 Å². The highest BCUT2D eigenvalue weighted by molar-refractivity contribution is 5.89. The van der Waals surface area contributed by atoms with Crippen LogP contribution in [0.1, 0.15) is 6.42 Å². The fourth-order valence-corrected chi connectivity index (χ4v) is 2.79. The predicted octanol–water partition coefficient (Wildman–Crippen LogP) is 3.50. The molecule has 0 radical (unpaired) electrons. The maximum Gasteiger partial charge on any atom is 0.321 e. The van der Waals surface area contributed by atoms with E-state index in [1.54, 1.807) is 22.9 Å². The summed E-state index contributed by atoms with van der Waals surface area (Å²) in [6.07, 6.45) is 2.93. The van der Waals surface area contributed by atoms with E-state index in [1.807, 2.05) is 48.5 Å². The van der Waals surface area contributed by atoms with Gasteiger partial charge in [0.2, 0.25) is 0 Å². The molecule has 0 spiro atoms. The molecule has 1 unspecified atom stereocenters. The van der Waals surface area contributed by atoms with Crippen molar-refractivity contribution in [1.29, 1.82) is 5.26 Å². The third-order valence-electron chi connectivity index (χ3n) is 4.24. The minimum absolute atomic E-state index is 0.0448. The second-order valence-corrected chi connectivity index (χ2v) is 5.97. The van der Waals surface area contributed by atoms with Crippen molar-refractivity contribution < 1.29 is 9.53 Å². The number of likely N-dealkylation sites (N-methyl/N-ethyl adjacent to an activating group) is 1. The molecule has 1 aliphatic rings. The fourth-order valence-electron chi connectivity index (χ4n) is 2.79. The summed E-state index contributed by atoms with van der Waals surface area (Å²) < 4.78 is 5.78. The normalized spacial score (nSPS) is 16.2. The zero-order chi connectivity index (χ0) is 17.6. The highest BCUT2D eigenvalue weighted by Gasteiger charge is 2.27. The van der Waals surface area contributed by atoms with Gasteiger partial charge in [0.15, 0.2) is 6.19 Å². The number of urea groups is 1. The zero-order valence-electron chi connectivity index (χ0n) is 14.1. The summed E-state index contributed by atoms with van der Waals surface area (Å²) in [5.74, 6) is 1.40. The van der Waals surface area contributed by atoms with Crippen LogP contribution in [0.2, 0.25) is 0 Å². The number of rotatable bonds is 4. The van der Waals surface area contributed by atoms with Crippen LogP contribution >= 0.6 is 0 Å². The van der Waals surface area contributed by atoms with E-state index in [4.69, 9.17) is 10.00 Å². The van der Waals surface area contributed by atoms with Crippen LogP contribution in [0.4, 0.5) is 10.5 Å². The highest BCUT2D eigenvalue weighted by atomic mass is 16.5. The molecule has 6 nitrogen and oxygen atoms in total. The number of nitrogens with one attached hydrogen (secondary N) is 1. The number of hydrogen-bond donors (Lipinski definition) is 1. The van der Waals surface area contributed by atoms with E-state index in [1.165, 1.54) is 0 Å². The third kappa shape index (κ3) is 4.21. The minimum Gasteiger partial charge on any atom is -0.457 e. The molecule has 1 atom stereocenters. The first-order valence-electron chi connectivity index (χ1n) is 8.17. The summed E-state index contributed by atoms with van der Waals surface area (Å²) in [7, 11) is 1.76. The lowest BCUT2D eigenvalue weighted by molar-refractivity contribution is 0.205. The van der Waals surface area contributed by atoms with Gasteiger partial charge in [-0.05, 0) is 30.7 Å². The van der Waals surface area contributed by atoms with Crippen molar-refractivity contribution in [3.8, 4) is 17.7 Å². The number of carbonyl (C=O) groups excluding carboxylic acids is 1. The van der Waals surface area contributed by atoms with E-state index >= 15 is 0 Å². The molecule has 6 heteroatoms. The second-order valence-electron chi connectivity index (χ2n) is 5.97. The summed E-state index contributed by atoms with van der Waals surface area (Å²) >= 11 is 0. The fraction of sp³-hybridized carbons (Fsp3) is 0.263. The van der Waals surface area contributed by atoms with E-state index in [2.05, 4.69) is 11.5 Å². The van der Waals surface area contributed by atoms with Crippen LogP contribution in [0.25, 0.3) is 0 Å². The number of nitrogens with zero attached hydrogens (tertiary/aromatic N) is 3. The molecular weight excluding hydrogens is 316 g/mol. The smallest absolute Gasteiger partial charge is 0.321 e. The summed E-state index contributed by atoms with van der Waals surface area (Å²) in [4.78, 5) is 15.8. The van der Waals surface area contributed by atoms with E-state index < -0.39 is 0 Å². The van der Waals surface area contributed by atoms with Crippen molar-refractivity contribution in [2.24, 2.45) is 0 Å². The average molecular weight is 336 g/mol. The molecule has 0 aromatic heterocycles. The van der Waals surface area contributed by atoms with Gasteiger partial charge in [-0.1, -0.05) is 24.3 Å². The zero-order valence-corrected chi connectivity index (χ0v) is 14.1. The lowest BCUT2D eigenvalue weighted by Gasteiger charge is -2.24. The Morgan fingerprint density at radius 1 is 1.24 bits per heavy atom. The molecule has 128 valence electrons. The Bertz CT molecular complexity index is 772. The number of carbonyl (C=O) groups is 1. The van der Waals surface area contributed by atoms with Crippen LogP contribution in [0.15, 0.2) is 54.6 Å². The van der Waals surface area contributed by atoms with Gasteiger partial charge < -0.3 is 19.9 Å². The number of likely N-dealkylation sites (tertiary alicyclic amines) is 1.